The molecule has 0 radical (unpaired) electrons. The zero-order chi connectivity index (χ0) is 69.9. The van der Waals surface area contributed by atoms with Gasteiger partial charge in [-0.25, -0.2) is 14.4 Å². The molecule has 0 aromatic carbocycles. The van der Waals surface area contributed by atoms with E-state index in [-0.39, 0.29) is 34.3 Å². The van der Waals surface area contributed by atoms with E-state index in [1.165, 1.54) is 32.1 Å². The maximum atomic E-state index is 14.4. The van der Waals surface area contributed by atoms with Crippen molar-refractivity contribution in [2.75, 3.05) is 61.0 Å². The summed E-state index contributed by atoms with van der Waals surface area (Å²) in [7, 11) is 3.21. The number of aliphatic hydroxyl groups is 13. The van der Waals surface area contributed by atoms with Gasteiger partial charge in [-0.05, 0) is 32.1 Å². The van der Waals surface area contributed by atoms with Crippen LogP contribution in [0.5, 0.6) is 0 Å². The smallest absolute Gasteiger partial charge is 0.337 e. The van der Waals surface area contributed by atoms with Crippen LogP contribution in [-0.2, 0) is 99.8 Å². The summed E-state index contributed by atoms with van der Waals surface area (Å²) in [5.74, 6) is -14.0. The number of hydrogen-bond donors (Lipinski definition) is 13. The molecule has 7 rings (SSSR count). The Hall–Kier alpha value is -6.10. The standard InChI is InChI=1S/C61H86O34/c1-8-26-30(34(53(78)81-5)21-86-56(26)93-59-50(75)47(72)44(69)38(16-63)90-59)12-41(66)84-19-25(15-62)29-11-37(89-43(68)14-32-28(10-3)58(88-23-36(32)55(80)83-7)95-61-52(77)49(74)46(71)40(18-65)92-61)24(4)33(29)20-85-42(67)13-31-27(9-2)57(87-22-35(31)54(79)82-6)94-60-51(76)48(73)45(70)39(17-64)91-60/h8-10,21-25,27,29-33,37-40,44-52,56-65,69-77H,2,11-20H2,1,3-7H3/b26-8+,28-10+/t24-,25+,27-,29+,30+,31+,32+,33-,37-,38-,39-,40-,44-,45-,46-,47+,48+,49+,50-,51-,52-,56+,57+,58+,59+,60+,61+/m1/s1. The molecule has 0 aromatic rings. The number of hydrogen-bond acceptors (Lipinski definition) is 34. The fraction of sp³-hybridized carbons (Fsp3) is 0.705. The zero-order valence-corrected chi connectivity index (χ0v) is 52.7. The average molecular weight is 1360 g/mol. The van der Waals surface area contributed by atoms with Gasteiger partial charge in [0.05, 0.1) is 109 Å². The predicted molar refractivity (Wildman–Crippen MR) is 308 cm³/mol. The average Bonchev–Trinajstić information content (AvgIpc) is 1.10. The first-order valence-electron chi connectivity index (χ1n) is 30.6. The Bertz CT molecular complexity index is 2810. The highest BCUT2D eigenvalue weighted by atomic mass is 16.8. The number of ether oxygens (including phenoxy) is 15. The van der Waals surface area contributed by atoms with Gasteiger partial charge in [-0.2, -0.15) is 0 Å². The van der Waals surface area contributed by atoms with Gasteiger partial charge in [0.1, 0.15) is 79.4 Å². The molecule has 13 N–H and O–H groups in total. The molecule has 7 aliphatic rings. The lowest BCUT2D eigenvalue weighted by Gasteiger charge is -2.42. The summed E-state index contributed by atoms with van der Waals surface area (Å²) < 4.78 is 84.2. The van der Waals surface area contributed by atoms with Crippen molar-refractivity contribution < 1.29 is 166 Å². The quantitative estimate of drug-likeness (QED) is 0.0220. The minimum absolute atomic E-state index is 0.0937. The second-order valence-corrected chi connectivity index (χ2v) is 23.6. The molecular weight excluding hydrogens is 1280 g/mol. The first-order valence-corrected chi connectivity index (χ1v) is 30.6. The normalized spacial score (nSPS) is 39.1. The van der Waals surface area contributed by atoms with Gasteiger partial charge in [0, 0.05) is 53.3 Å². The lowest BCUT2D eigenvalue weighted by molar-refractivity contribution is -0.339. The van der Waals surface area contributed by atoms with E-state index >= 15 is 0 Å². The van der Waals surface area contributed by atoms with Gasteiger partial charge in [0.15, 0.2) is 18.9 Å². The number of carbonyl (C=O) groups excluding carboxylic acids is 6. The topological polar surface area (TPSA) is 504 Å². The summed E-state index contributed by atoms with van der Waals surface area (Å²) in [4.78, 5) is 82.5. The number of aliphatic hydroxyl groups excluding tert-OH is 13. The third kappa shape index (κ3) is 17.1. The lowest BCUT2D eigenvalue weighted by atomic mass is 9.81. The SMILES string of the molecule is C=C[C@H]1[C@H](O[C@@H]2O[C@H](CO)[C@@H](O)[C@H](O)[C@H]2O)OC=C(C(=O)OC)[C@H]1CC(=O)OC[C@@H]1[C@@H](C)[C@H](OC(=O)C[C@@H]2C(C(=O)OC)=CO[C@@H](O[C@@H]3O[C@H](CO)[C@@H](O)[C@H](O)[C@H]3O)/C2=C/C)C[C@H]1[C@@H](CO)COC(=O)C[C@@H]1C(C(=O)OC)=CO[C@@H](O[C@@H]2O[C@H](CO)[C@@H](O)[C@H](O)[C@H]2O)/C1=C/C. The molecule has 0 unspecified atom stereocenters. The molecule has 95 heavy (non-hydrogen) atoms. The van der Waals surface area contributed by atoms with Gasteiger partial charge in [0.2, 0.25) is 18.9 Å². The van der Waals surface area contributed by atoms with E-state index in [0.717, 1.165) is 40.1 Å². The van der Waals surface area contributed by atoms with Crippen LogP contribution in [-0.4, -0.2) is 280 Å². The fourth-order valence-electron chi connectivity index (χ4n) is 12.7. The van der Waals surface area contributed by atoms with Gasteiger partial charge in [-0.1, -0.05) is 25.2 Å². The van der Waals surface area contributed by atoms with Gasteiger partial charge in [-0.3, -0.25) is 14.4 Å². The molecule has 0 bridgehead atoms. The second-order valence-electron chi connectivity index (χ2n) is 23.6. The highest BCUT2D eigenvalue weighted by Gasteiger charge is 2.53. The van der Waals surface area contributed by atoms with E-state index in [9.17, 15) is 95.2 Å². The minimum atomic E-state index is -1.88. The van der Waals surface area contributed by atoms with E-state index in [1.54, 1.807) is 6.92 Å². The molecule has 0 amide bonds. The molecule has 6 heterocycles. The van der Waals surface area contributed by atoms with Gasteiger partial charge < -0.3 is 137 Å². The number of allylic oxidation sites excluding steroid dienone is 2. The van der Waals surface area contributed by atoms with Crippen molar-refractivity contribution >= 4 is 35.8 Å². The van der Waals surface area contributed by atoms with Crippen LogP contribution in [0.4, 0.5) is 0 Å². The first-order chi connectivity index (χ1) is 45.3. The lowest BCUT2D eigenvalue weighted by Crippen LogP contribution is -2.60. The molecule has 6 aliphatic heterocycles. The van der Waals surface area contributed by atoms with Crippen molar-refractivity contribution in [1.29, 1.82) is 0 Å². The van der Waals surface area contributed by atoms with Gasteiger partial charge in [0.25, 0.3) is 0 Å². The maximum Gasteiger partial charge on any atom is 0.337 e. The van der Waals surface area contributed by atoms with Crippen LogP contribution in [0.3, 0.4) is 0 Å². The Labute approximate surface area is 543 Å². The molecule has 1 aliphatic carbocycles. The molecular formula is C61H86O34. The second kappa shape index (κ2) is 34.4. The highest BCUT2D eigenvalue weighted by Crippen LogP contribution is 2.46. The van der Waals surface area contributed by atoms with E-state index in [2.05, 4.69) is 6.58 Å². The molecule has 3 saturated heterocycles. The molecule has 534 valence electrons. The third-order valence-electron chi connectivity index (χ3n) is 18.2. The maximum absolute atomic E-state index is 14.4. The fourth-order valence-corrected chi connectivity index (χ4v) is 12.7. The molecule has 34 heteroatoms. The monoisotopic (exact) mass is 1360 g/mol. The van der Waals surface area contributed by atoms with Crippen LogP contribution in [0.1, 0.15) is 46.5 Å². The number of methoxy groups -OCH3 is 3. The Morgan fingerprint density at radius 1 is 0.547 bits per heavy atom. The van der Waals surface area contributed by atoms with Crippen LogP contribution < -0.4 is 0 Å². The Morgan fingerprint density at radius 3 is 1.39 bits per heavy atom. The Morgan fingerprint density at radius 2 is 0.968 bits per heavy atom. The number of esters is 6. The predicted octanol–water partition coefficient (Wildman–Crippen LogP) is -4.73. The zero-order valence-electron chi connectivity index (χ0n) is 52.7. The van der Waals surface area contributed by atoms with E-state index in [1.807, 2.05) is 0 Å². The van der Waals surface area contributed by atoms with Crippen molar-refractivity contribution in [2.45, 2.75) is 164 Å². The van der Waals surface area contributed by atoms with E-state index in [0.29, 0.717) is 0 Å². The largest absolute Gasteiger partial charge is 0.471 e. The van der Waals surface area contributed by atoms with Crippen molar-refractivity contribution in [3.63, 3.8) is 0 Å². The number of carbonyl (C=O) groups is 6. The van der Waals surface area contributed by atoms with Crippen LogP contribution in [0.25, 0.3) is 0 Å². The number of rotatable bonds is 26. The molecule has 0 aromatic heterocycles. The van der Waals surface area contributed by atoms with Crippen LogP contribution in [0, 0.1) is 47.3 Å². The van der Waals surface area contributed by atoms with Gasteiger partial charge in [-0.15, -0.1) is 6.58 Å². The van der Waals surface area contributed by atoms with Crippen LogP contribution in [0.15, 0.2) is 71.5 Å². The van der Waals surface area contributed by atoms with Crippen molar-refractivity contribution in [3.8, 4) is 0 Å². The van der Waals surface area contributed by atoms with E-state index in [4.69, 9.17) is 71.1 Å². The Balaban J connectivity index is 1.13. The summed E-state index contributed by atoms with van der Waals surface area (Å²) in [6.07, 6.45) is -26.3. The summed E-state index contributed by atoms with van der Waals surface area (Å²) >= 11 is 0. The van der Waals surface area contributed by atoms with Crippen LogP contribution in [0.2, 0.25) is 0 Å². The molecule has 34 nitrogen and oxygen atoms in total. The summed E-state index contributed by atoms with van der Waals surface area (Å²) in [5, 5.41) is 135. The Kier molecular flexibility index (Phi) is 27.6. The molecule has 1 saturated carbocycles. The first kappa shape index (κ1) is 76.3. The summed E-state index contributed by atoms with van der Waals surface area (Å²) in [6.45, 7) is 4.36. The molecule has 27 atom stereocenters. The third-order valence-corrected chi connectivity index (χ3v) is 18.2. The molecule has 0 spiro atoms. The highest BCUT2D eigenvalue weighted by molar-refractivity contribution is 5.92. The minimum Gasteiger partial charge on any atom is -0.471 e. The van der Waals surface area contributed by atoms with Crippen molar-refractivity contribution in [1.82, 2.24) is 0 Å². The van der Waals surface area contributed by atoms with E-state index < -0.39 is 259 Å². The summed E-state index contributed by atoms with van der Waals surface area (Å²) in [6, 6.07) is 0. The van der Waals surface area contributed by atoms with Crippen LogP contribution >= 0.6 is 0 Å². The van der Waals surface area contributed by atoms with Gasteiger partial charge >= 0.3 is 35.8 Å². The molecule has 4 fully saturated rings. The summed E-state index contributed by atoms with van der Waals surface area (Å²) in [5.41, 5.74) is -0.388. The van der Waals surface area contributed by atoms with Crippen molar-refractivity contribution in [3.05, 3.63) is 71.5 Å². The van der Waals surface area contributed by atoms with Crippen molar-refractivity contribution in [2.24, 2.45) is 47.3 Å².